The van der Waals surface area contributed by atoms with E-state index in [9.17, 15) is 9.59 Å². The van der Waals surface area contributed by atoms with Crippen molar-refractivity contribution < 1.29 is 4.79 Å². The number of carbonyl (C=O) groups is 1. The predicted molar refractivity (Wildman–Crippen MR) is 100 cm³/mol. The summed E-state index contributed by atoms with van der Waals surface area (Å²) in [5.41, 5.74) is 0.0540. The number of aryl methyl sites for hydroxylation is 1. The van der Waals surface area contributed by atoms with Crippen molar-refractivity contribution in [2.45, 2.75) is 6.04 Å². The second-order valence-corrected chi connectivity index (χ2v) is 7.01. The fourth-order valence-corrected chi connectivity index (χ4v) is 3.68. The highest BCUT2D eigenvalue weighted by Crippen LogP contribution is 2.22. The minimum atomic E-state index is -0.282. The minimum absolute atomic E-state index is 0.0859. The number of benzene rings is 1. The summed E-state index contributed by atoms with van der Waals surface area (Å²) in [5, 5.41) is 10.2. The molecule has 0 aliphatic heterocycles. The summed E-state index contributed by atoms with van der Waals surface area (Å²) in [7, 11) is 5.52. The van der Waals surface area contributed by atoms with Crippen molar-refractivity contribution in [2.75, 3.05) is 20.6 Å². The summed E-state index contributed by atoms with van der Waals surface area (Å²) in [6.07, 6.45) is 0. The quantitative estimate of drug-likeness (QED) is 0.760. The van der Waals surface area contributed by atoms with Crippen LogP contribution in [0.5, 0.6) is 0 Å². The van der Waals surface area contributed by atoms with E-state index in [1.54, 1.807) is 42.6 Å². The van der Waals surface area contributed by atoms with Gasteiger partial charge in [-0.1, -0.05) is 24.3 Å². The number of likely N-dealkylation sites (N-methyl/N-ethyl adjacent to an activating group) is 1. The van der Waals surface area contributed by atoms with Crippen LogP contribution in [0, 0.1) is 0 Å². The molecule has 6 nitrogen and oxygen atoms in total. The van der Waals surface area contributed by atoms with Crippen molar-refractivity contribution in [3.8, 4) is 0 Å². The van der Waals surface area contributed by atoms with E-state index in [1.807, 2.05) is 25.5 Å². The van der Waals surface area contributed by atoms with Gasteiger partial charge in [0.15, 0.2) is 5.69 Å². The van der Waals surface area contributed by atoms with Crippen LogP contribution in [0.25, 0.3) is 10.8 Å². The second-order valence-electron chi connectivity index (χ2n) is 6.03. The van der Waals surface area contributed by atoms with Gasteiger partial charge in [0.05, 0.1) is 11.4 Å². The first-order chi connectivity index (χ1) is 12.0. The van der Waals surface area contributed by atoms with Gasteiger partial charge in [-0.25, -0.2) is 4.68 Å². The SMILES string of the molecule is CN(C)C(CNC(=O)c1nn(C)c(=O)c2ccccc12)c1cccs1. The summed E-state index contributed by atoms with van der Waals surface area (Å²) in [6.45, 7) is 0.463. The van der Waals surface area contributed by atoms with Gasteiger partial charge >= 0.3 is 0 Å². The van der Waals surface area contributed by atoms with E-state index in [0.717, 1.165) is 0 Å². The lowest BCUT2D eigenvalue weighted by molar-refractivity contribution is 0.0937. The van der Waals surface area contributed by atoms with Crippen molar-refractivity contribution in [1.82, 2.24) is 20.0 Å². The average molecular weight is 356 g/mol. The van der Waals surface area contributed by atoms with E-state index in [1.165, 1.54) is 9.56 Å². The van der Waals surface area contributed by atoms with Crippen LogP contribution in [0.2, 0.25) is 0 Å². The normalized spacial score (nSPS) is 12.5. The molecule has 3 rings (SSSR count). The highest BCUT2D eigenvalue weighted by molar-refractivity contribution is 7.10. The van der Waals surface area contributed by atoms with Crippen LogP contribution < -0.4 is 10.9 Å². The van der Waals surface area contributed by atoms with Crippen LogP contribution in [-0.2, 0) is 7.05 Å². The van der Waals surface area contributed by atoms with E-state index in [0.29, 0.717) is 17.3 Å². The average Bonchev–Trinajstić information content (AvgIpc) is 3.12. The topological polar surface area (TPSA) is 67.2 Å². The van der Waals surface area contributed by atoms with Gasteiger partial charge in [-0.15, -0.1) is 11.3 Å². The molecule has 7 heteroatoms. The molecule has 0 aliphatic rings. The number of nitrogens with one attached hydrogen (secondary N) is 1. The number of nitrogens with zero attached hydrogens (tertiary/aromatic N) is 3. The molecule has 0 bridgehead atoms. The zero-order valence-corrected chi connectivity index (χ0v) is 15.2. The third kappa shape index (κ3) is 3.47. The fourth-order valence-electron chi connectivity index (χ4n) is 2.76. The number of rotatable bonds is 5. The lowest BCUT2D eigenvalue weighted by Gasteiger charge is -2.23. The molecular weight excluding hydrogens is 336 g/mol. The van der Waals surface area contributed by atoms with Crippen LogP contribution >= 0.6 is 11.3 Å². The Morgan fingerprint density at radius 1 is 1.24 bits per heavy atom. The molecule has 0 aliphatic carbocycles. The summed E-state index contributed by atoms with van der Waals surface area (Å²) in [5.74, 6) is -0.282. The summed E-state index contributed by atoms with van der Waals surface area (Å²) < 4.78 is 1.21. The van der Waals surface area contributed by atoms with E-state index >= 15 is 0 Å². The molecule has 25 heavy (non-hydrogen) atoms. The minimum Gasteiger partial charge on any atom is -0.349 e. The van der Waals surface area contributed by atoms with E-state index in [2.05, 4.69) is 21.4 Å². The predicted octanol–water partition coefficient (Wildman–Crippen LogP) is 2.03. The molecule has 2 heterocycles. The number of hydrogen-bond donors (Lipinski definition) is 1. The molecule has 0 spiro atoms. The van der Waals surface area contributed by atoms with Gasteiger partial charge in [0.2, 0.25) is 0 Å². The van der Waals surface area contributed by atoms with Crippen molar-refractivity contribution in [3.05, 3.63) is 62.7 Å². The molecule has 130 valence electrons. The van der Waals surface area contributed by atoms with Crippen LogP contribution in [0.3, 0.4) is 0 Å². The van der Waals surface area contributed by atoms with Crippen molar-refractivity contribution >= 4 is 28.0 Å². The number of amides is 1. The summed E-state index contributed by atoms with van der Waals surface area (Å²) in [4.78, 5) is 28.1. The first-order valence-electron chi connectivity index (χ1n) is 7.93. The molecule has 0 fully saturated rings. The Morgan fingerprint density at radius 2 is 1.96 bits per heavy atom. The van der Waals surface area contributed by atoms with Gasteiger partial charge in [-0.3, -0.25) is 9.59 Å². The molecule has 2 aromatic heterocycles. The van der Waals surface area contributed by atoms with E-state index < -0.39 is 0 Å². The Balaban J connectivity index is 1.88. The van der Waals surface area contributed by atoms with Crippen LogP contribution in [0.4, 0.5) is 0 Å². The molecule has 0 saturated carbocycles. The van der Waals surface area contributed by atoms with Gasteiger partial charge in [0, 0.05) is 23.9 Å². The Labute approximate surface area is 149 Å². The van der Waals surface area contributed by atoms with Crippen molar-refractivity contribution in [2.24, 2.45) is 7.05 Å². The maximum atomic E-state index is 12.7. The molecule has 0 saturated heterocycles. The van der Waals surface area contributed by atoms with Gasteiger partial charge in [0.1, 0.15) is 0 Å². The van der Waals surface area contributed by atoms with Crippen LogP contribution in [-0.4, -0.2) is 41.2 Å². The third-order valence-electron chi connectivity index (χ3n) is 4.12. The lowest BCUT2D eigenvalue weighted by atomic mass is 10.1. The highest BCUT2D eigenvalue weighted by atomic mass is 32.1. The molecule has 1 aromatic carbocycles. The van der Waals surface area contributed by atoms with Crippen LogP contribution in [0.1, 0.15) is 21.4 Å². The Hall–Kier alpha value is -2.51. The van der Waals surface area contributed by atoms with Crippen molar-refractivity contribution in [3.63, 3.8) is 0 Å². The third-order valence-corrected chi connectivity index (χ3v) is 5.10. The Morgan fingerprint density at radius 3 is 2.60 bits per heavy atom. The molecule has 3 aromatic rings. The van der Waals surface area contributed by atoms with Crippen LogP contribution in [0.15, 0.2) is 46.6 Å². The Kier molecular flexibility index (Phi) is 4.96. The van der Waals surface area contributed by atoms with Gasteiger partial charge in [-0.05, 0) is 31.6 Å². The standard InChI is InChI=1S/C18H20N4O2S/c1-21(2)14(15-9-6-10-25-15)11-19-17(23)16-12-7-4-5-8-13(12)18(24)22(3)20-16/h4-10,14H,11H2,1-3H3,(H,19,23). The molecule has 1 amide bonds. The summed E-state index contributed by atoms with van der Waals surface area (Å²) >= 11 is 1.66. The molecular formula is C18H20N4O2S. The maximum absolute atomic E-state index is 12.7. The number of aromatic nitrogens is 2. The smallest absolute Gasteiger partial charge is 0.274 e. The fraction of sp³-hybridized carbons (Fsp3) is 0.278. The number of fused-ring (bicyclic) bond motifs is 1. The highest BCUT2D eigenvalue weighted by Gasteiger charge is 2.19. The molecule has 1 atom stereocenters. The Bertz CT molecular complexity index is 947. The van der Waals surface area contributed by atoms with E-state index in [-0.39, 0.29) is 23.2 Å². The molecule has 1 N–H and O–H groups in total. The van der Waals surface area contributed by atoms with Gasteiger partial charge < -0.3 is 10.2 Å². The van der Waals surface area contributed by atoms with Crippen molar-refractivity contribution in [1.29, 1.82) is 0 Å². The van der Waals surface area contributed by atoms with Gasteiger partial charge in [-0.2, -0.15) is 5.10 Å². The maximum Gasteiger partial charge on any atom is 0.274 e. The molecule has 1 unspecified atom stereocenters. The van der Waals surface area contributed by atoms with E-state index in [4.69, 9.17) is 0 Å². The number of carbonyl (C=O) groups excluding carboxylic acids is 1. The first kappa shape index (κ1) is 17.3. The second kappa shape index (κ2) is 7.16. The largest absolute Gasteiger partial charge is 0.349 e. The number of thiophene rings is 1. The van der Waals surface area contributed by atoms with Gasteiger partial charge in [0.25, 0.3) is 11.5 Å². The summed E-state index contributed by atoms with van der Waals surface area (Å²) in [6, 6.07) is 11.2. The first-order valence-corrected chi connectivity index (χ1v) is 8.81. The molecule has 0 radical (unpaired) electrons. The number of hydrogen-bond acceptors (Lipinski definition) is 5. The zero-order chi connectivity index (χ0) is 18.0. The lowest BCUT2D eigenvalue weighted by Crippen LogP contribution is -2.35. The zero-order valence-electron chi connectivity index (χ0n) is 14.4. The monoisotopic (exact) mass is 356 g/mol.